The Balaban J connectivity index is 1.33. The first-order chi connectivity index (χ1) is 15.8. The van der Waals surface area contributed by atoms with Crippen LogP contribution in [0.15, 0.2) is 38.4 Å². The van der Waals surface area contributed by atoms with Crippen LogP contribution in [-0.2, 0) is 17.1 Å². The maximum Gasteiger partial charge on any atom is 0.419 e. The van der Waals surface area contributed by atoms with E-state index in [1.807, 2.05) is 13.0 Å². The van der Waals surface area contributed by atoms with Crippen LogP contribution in [0.2, 0.25) is 0 Å². The van der Waals surface area contributed by atoms with Crippen LogP contribution < -0.4 is 15.6 Å². The third kappa shape index (κ3) is 4.10. The van der Waals surface area contributed by atoms with E-state index >= 15 is 0 Å². The van der Waals surface area contributed by atoms with Gasteiger partial charge in [-0.15, -0.1) is 0 Å². The molecule has 0 atom stereocenters. The zero-order valence-corrected chi connectivity index (χ0v) is 19.7. The Bertz CT molecular complexity index is 1330. The molecule has 5 rings (SSSR count). The molecule has 33 heavy (non-hydrogen) atoms. The highest BCUT2D eigenvalue weighted by Gasteiger charge is 2.30. The molecule has 0 saturated carbocycles. The number of hydrogen-bond donors (Lipinski definition) is 0. The van der Waals surface area contributed by atoms with E-state index in [1.54, 1.807) is 7.05 Å². The van der Waals surface area contributed by atoms with Gasteiger partial charge >= 0.3 is 5.76 Å². The molecule has 0 bridgehead atoms. The van der Waals surface area contributed by atoms with Gasteiger partial charge in [0.05, 0.1) is 10.4 Å². The summed E-state index contributed by atoms with van der Waals surface area (Å²) in [6, 6.07) is 6.49. The van der Waals surface area contributed by atoms with Gasteiger partial charge in [-0.1, -0.05) is 0 Å². The number of rotatable bonds is 4. The molecule has 176 valence electrons. The summed E-state index contributed by atoms with van der Waals surface area (Å²) in [4.78, 5) is 25.7. The maximum absolute atomic E-state index is 13.3. The van der Waals surface area contributed by atoms with Crippen molar-refractivity contribution >= 4 is 32.9 Å². The number of aromatic nitrogens is 3. The van der Waals surface area contributed by atoms with Crippen molar-refractivity contribution in [2.75, 3.05) is 49.1 Å². The van der Waals surface area contributed by atoms with Crippen molar-refractivity contribution in [3.8, 4) is 0 Å². The fourth-order valence-electron chi connectivity index (χ4n) is 4.51. The second kappa shape index (κ2) is 8.45. The second-order valence-electron chi connectivity index (χ2n) is 8.66. The Morgan fingerprint density at radius 2 is 1.64 bits per heavy atom. The van der Waals surface area contributed by atoms with Crippen molar-refractivity contribution in [1.82, 2.24) is 18.8 Å². The monoisotopic (exact) mass is 472 g/mol. The Kier molecular flexibility index (Phi) is 5.61. The number of benzene rings is 1. The van der Waals surface area contributed by atoms with Crippen LogP contribution in [0.25, 0.3) is 11.1 Å². The van der Waals surface area contributed by atoms with Crippen LogP contribution in [0.1, 0.15) is 25.0 Å². The smallest absolute Gasteiger partial charge is 0.408 e. The van der Waals surface area contributed by atoms with E-state index in [0.717, 1.165) is 43.4 Å². The number of oxazole rings is 1. The minimum Gasteiger partial charge on any atom is -0.408 e. The highest BCUT2D eigenvalue weighted by atomic mass is 32.2. The van der Waals surface area contributed by atoms with Gasteiger partial charge in [0.25, 0.3) is 0 Å². The van der Waals surface area contributed by atoms with Crippen LogP contribution in [0.3, 0.4) is 0 Å². The van der Waals surface area contributed by atoms with Gasteiger partial charge in [0.2, 0.25) is 16.0 Å². The lowest BCUT2D eigenvalue weighted by Crippen LogP contribution is -2.49. The highest BCUT2D eigenvalue weighted by Crippen LogP contribution is 2.25. The van der Waals surface area contributed by atoms with Gasteiger partial charge < -0.3 is 14.2 Å². The van der Waals surface area contributed by atoms with Crippen molar-refractivity contribution in [2.45, 2.75) is 31.1 Å². The summed E-state index contributed by atoms with van der Waals surface area (Å²) in [5, 5.41) is 0. The molecule has 0 unspecified atom stereocenters. The first-order valence-electron chi connectivity index (χ1n) is 11.3. The predicted molar refractivity (Wildman–Crippen MR) is 125 cm³/mol. The SMILES string of the molecule is Cc1cc(N2CCN(S(=O)(=O)c3ccc4oc(=O)n(C)c4c3)CC2)nc(N2CCCCC2)n1. The van der Waals surface area contributed by atoms with Crippen LogP contribution in [0, 0.1) is 6.92 Å². The summed E-state index contributed by atoms with van der Waals surface area (Å²) in [7, 11) is -2.13. The number of anilines is 2. The van der Waals surface area contributed by atoms with Gasteiger partial charge in [0.15, 0.2) is 5.58 Å². The number of piperazine rings is 1. The topological polar surface area (TPSA) is 105 Å². The molecule has 11 heteroatoms. The molecular formula is C22H28N6O4S. The van der Waals surface area contributed by atoms with E-state index in [1.165, 1.54) is 33.5 Å². The van der Waals surface area contributed by atoms with E-state index < -0.39 is 15.8 Å². The molecule has 10 nitrogen and oxygen atoms in total. The molecule has 0 spiro atoms. The van der Waals surface area contributed by atoms with E-state index in [-0.39, 0.29) is 4.90 Å². The summed E-state index contributed by atoms with van der Waals surface area (Å²) in [5.41, 5.74) is 1.74. The standard InChI is InChI=1S/C22H28N6O4S/c1-16-14-20(24-21(23-16)27-8-4-3-5-9-27)26-10-12-28(13-11-26)33(30,31)17-6-7-19-18(15-17)25(2)22(29)32-19/h6-7,14-15H,3-5,8-13H2,1-2H3. The van der Waals surface area contributed by atoms with Crippen LogP contribution in [0.5, 0.6) is 0 Å². The third-order valence-electron chi connectivity index (χ3n) is 6.43. The Hall–Kier alpha value is -2.92. The highest BCUT2D eigenvalue weighted by molar-refractivity contribution is 7.89. The van der Waals surface area contributed by atoms with Crippen LogP contribution >= 0.6 is 0 Å². The third-order valence-corrected chi connectivity index (χ3v) is 8.33. The van der Waals surface area contributed by atoms with Gasteiger partial charge in [0, 0.05) is 58.1 Å². The second-order valence-corrected chi connectivity index (χ2v) is 10.6. The zero-order chi connectivity index (χ0) is 23.2. The molecule has 2 fully saturated rings. The van der Waals surface area contributed by atoms with Gasteiger partial charge in [-0.3, -0.25) is 4.57 Å². The lowest BCUT2D eigenvalue weighted by atomic mass is 10.1. The molecule has 2 aromatic heterocycles. The normalized spacial score (nSPS) is 18.2. The Labute approximate surface area is 192 Å². The lowest BCUT2D eigenvalue weighted by Gasteiger charge is -2.35. The Morgan fingerprint density at radius 3 is 2.36 bits per heavy atom. The van der Waals surface area contributed by atoms with Crippen molar-refractivity contribution in [1.29, 1.82) is 0 Å². The predicted octanol–water partition coefficient (Wildman–Crippen LogP) is 1.73. The average molecular weight is 473 g/mol. The summed E-state index contributed by atoms with van der Waals surface area (Å²) in [5.74, 6) is 1.09. The van der Waals surface area contributed by atoms with Gasteiger partial charge in [-0.05, 0) is 44.4 Å². The van der Waals surface area contributed by atoms with Crippen molar-refractivity contribution in [3.63, 3.8) is 0 Å². The van der Waals surface area contributed by atoms with Gasteiger partial charge in [-0.25, -0.2) is 18.2 Å². The van der Waals surface area contributed by atoms with Crippen LogP contribution in [0.4, 0.5) is 11.8 Å². The van der Waals surface area contributed by atoms with E-state index in [9.17, 15) is 13.2 Å². The first kappa shape index (κ1) is 21.9. The fraction of sp³-hybridized carbons (Fsp3) is 0.500. The maximum atomic E-state index is 13.3. The summed E-state index contributed by atoms with van der Waals surface area (Å²) in [6.45, 7) is 5.71. The minimum absolute atomic E-state index is 0.158. The molecular weight excluding hydrogens is 444 g/mol. The number of hydrogen-bond acceptors (Lipinski definition) is 8. The van der Waals surface area contributed by atoms with E-state index in [4.69, 9.17) is 9.40 Å². The molecule has 2 saturated heterocycles. The molecule has 0 N–H and O–H groups in total. The van der Waals surface area contributed by atoms with Crippen molar-refractivity contribution < 1.29 is 12.8 Å². The molecule has 0 amide bonds. The zero-order valence-electron chi connectivity index (χ0n) is 18.9. The Morgan fingerprint density at radius 1 is 0.909 bits per heavy atom. The molecule has 4 heterocycles. The summed E-state index contributed by atoms with van der Waals surface area (Å²) >= 11 is 0. The largest absolute Gasteiger partial charge is 0.419 e. The number of fused-ring (bicyclic) bond motifs is 1. The van der Waals surface area contributed by atoms with Crippen molar-refractivity contribution in [3.05, 3.63) is 40.5 Å². The molecule has 0 aliphatic carbocycles. The van der Waals surface area contributed by atoms with Crippen molar-refractivity contribution in [2.24, 2.45) is 7.05 Å². The van der Waals surface area contributed by atoms with E-state index in [0.29, 0.717) is 37.3 Å². The molecule has 2 aliphatic rings. The van der Waals surface area contributed by atoms with Gasteiger partial charge in [0.1, 0.15) is 5.82 Å². The van der Waals surface area contributed by atoms with Gasteiger partial charge in [-0.2, -0.15) is 9.29 Å². The molecule has 0 radical (unpaired) electrons. The number of nitrogens with zero attached hydrogens (tertiary/aromatic N) is 6. The van der Waals surface area contributed by atoms with Crippen LogP contribution in [-0.4, -0.2) is 66.5 Å². The summed E-state index contributed by atoms with van der Waals surface area (Å²) < 4.78 is 34.4. The molecule has 3 aromatic rings. The quantitative estimate of drug-likeness (QED) is 0.565. The average Bonchev–Trinajstić information content (AvgIpc) is 3.12. The lowest BCUT2D eigenvalue weighted by molar-refractivity contribution is 0.383. The number of piperidine rings is 1. The molecule has 1 aromatic carbocycles. The molecule has 2 aliphatic heterocycles. The van der Waals surface area contributed by atoms with E-state index in [2.05, 4.69) is 14.8 Å². The number of aryl methyl sites for hydroxylation is 2. The summed E-state index contributed by atoms with van der Waals surface area (Å²) in [6.07, 6.45) is 3.55. The fourth-order valence-corrected chi connectivity index (χ4v) is 5.95. The number of sulfonamides is 1. The minimum atomic E-state index is -3.69. The first-order valence-corrected chi connectivity index (χ1v) is 12.7.